The number of carbonyl (C=O) groups is 1. The Kier molecular flexibility index (Phi) is 5.05. The number of aromatic nitrogens is 2. The molecular weight excluding hydrogens is 368 g/mol. The second kappa shape index (κ2) is 7.40. The van der Waals surface area contributed by atoms with Gasteiger partial charge in [0.2, 0.25) is 0 Å². The molecule has 2 heterocycles. The zero-order chi connectivity index (χ0) is 16.9. The van der Waals surface area contributed by atoms with E-state index >= 15 is 0 Å². The van der Waals surface area contributed by atoms with Gasteiger partial charge in [0.25, 0.3) is 5.91 Å². The van der Waals surface area contributed by atoms with E-state index in [0.717, 1.165) is 26.8 Å². The predicted octanol–water partition coefficient (Wildman–Crippen LogP) is 3.75. The summed E-state index contributed by atoms with van der Waals surface area (Å²) in [6.07, 6.45) is 3.51. The van der Waals surface area contributed by atoms with Gasteiger partial charge in [-0.25, -0.2) is 0 Å². The zero-order valence-electron chi connectivity index (χ0n) is 13.2. The van der Waals surface area contributed by atoms with E-state index in [0.29, 0.717) is 18.7 Å². The second-order valence-corrected chi connectivity index (χ2v) is 6.21. The van der Waals surface area contributed by atoms with Gasteiger partial charge in [-0.3, -0.25) is 14.8 Å². The van der Waals surface area contributed by atoms with Crippen LogP contribution in [-0.2, 0) is 6.54 Å². The van der Waals surface area contributed by atoms with Crippen LogP contribution in [0.4, 0.5) is 5.69 Å². The van der Waals surface area contributed by atoms with Crippen molar-refractivity contribution in [2.24, 2.45) is 0 Å². The number of benzene rings is 1. The van der Waals surface area contributed by atoms with Crippen LogP contribution in [0.1, 0.15) is 22.8 Å². The molecule has 122 valence electrons. The van der Waals surface area contributed by atoms with Crippen molar-refractivity contribution in [3.63, 3.8) is 0 Å². The first-order valence-corrected chi connectivity index (χ1v) is 8.48. The molecule has 24 heavy (non-hydrogen) atoms. The molecule has 3 aromatic rings. The van der Waals surface area contributed by atoms with Crippen LogP contribution >= 0.6 is 15.9 Å². The standard InChI is InChI=1S/C18H17BrN4O/c1-2-20-18(24)13-5-3-4-12(8-13)10-22-15-6-7-21-16-9-14(19)11-23-17(15)16/h3-9,11H,2,10H2,1H3,(H,20,24)(H,21,22). The maximum Gasteiger partial charge on any atom is 0.251 e. The molecule has 0 unspecified atom stereocenters. The number of amides is 1. The topological polar surface area (TPSA) is 66.9 Å². The Morgan fingerprint density at radius 3 is 2.92 bits per heavy atom. The molecule has 1 amide bonds. The number of nitrogens with zero attached hydrogens (tertiary/aromatic N) is 2. The number of carbonyl (C=O) groups excluding carboxylic acids is 1. The summed E-state index contributed by atoms with van der Waals surface area (Å²) in [5.41, 5.74) is 4.25. The Hall–Kier alpha value is -2.47. The molecule has 0 fully saturated rings. The highest BCUT2D eigenvalue weighted by atomic mass is 79.9. The number of nitrogens with one attached hydrogen (secondary N) is 2. The molecule has 0 aliphatic rings. The lowest BCUT2D eigenvalue weighted by Crippen LogP contribution is -2.22. The molecule has 5 nitrogen and oxygen atoms in total. The van der Waals surface area contributed by atoms with Gasteiger partial charge in [-0.1, -0.05) is 12.1 Å². The summed E-state index contributed by atoms with van der Waals surface area (Å²) >= 11 is 3.41. The van der Waals surface area contributed by atoms with Gasteiger partial charge < -0.3 is 10.6 Å². The third kappa shape index (κ3) is 3.71. The molecule has 0 saturated carbocycles. The highest BCUT2D eigenvalue weighted by Crippen LogP contribution is 2.22. The van der Waals surface area contributed by atoms with Crippen LogP contribution in [0.3, 0.4) is 0 Å². The monoisotopic (exact) mass is 384 g/mol. The van der Waals surface area contributed by atoms with Gasteiger partial charge in [-0.05, 0) is 52.7 Å². The van der Waals surface area contributed by atoms with Gasteiger partial charge >= 0.3 is 0 Å². The van der Waals surface area contributed by atoms with Crippen molar-refractivity contribution in [3.8, 4) is 0 Å². The third-order valence-electron chi connectivity index (χ3n) is 3.55. The van der Waals surface area contributed by atoms with Crippen molar-refractivity contribution in [1.29, 1.82) is 0 Å². The summed E-state index contributed by atoms with van der Waals surface area (Å²) in [6, 6.07) is 11.4. The minimum atomic E-state index is -0.0553. The van der Waals surface area contributed by atoms with Crippen LogP contribution in [0, 0.1) is 0 Å². The van der Waals surface area contributed by atoms with Gasteiger partial charge in [0, 0.05) is 35.5 Å². The summed E-state index contributed by atoms with van der Waals surface area (Å²) in [7, 11) is 0. The average Bonchev–Trinajstić information content (AvgIpc) is 2.60. The minimum Gasteiger partial charge on any atom is -0.379 e. The Bertz CT molecular complexity index is 882. The van der Waals surface area contributed by atoms with E-state index in [2.05, 4.69) is 36.5 Å². The molecule has 0 aliphatic heterocycles. The number of hydrogen-bond donors (Lipinski definition) is 2. The smallest absolute Gasteiger partial charge is 0.251 e. The first-order valence-electron chi connectivity index (χ1n) is 7.68. The van der Waals surface area contributed by atoms with E-state index in [4.69, 9.17) is 0 Å². The van der Waals surface area contributed by atoms with Gasteiger partial charge in [-0.15, -0.1) is 0 Å². The second-order valence-electron chi connectivity index (χ2n) is 5.29. The fraction of sp³-hybridized carbons (Fsp3) is 0.167. The Labute approximate surface area is 148 Å². The van der Waals surface area contributed by atoms with Gasteiger partial charge in [-0.2, -0.15) is 0 Å². The van der Waals surface area contributed by atoms with E-state index in [1.807, 2.05) is 43.3 Å². The fourth-order valence-corrected chi connectivity index (χ4v) is 2.75. The molecule has 6 heteroatoms. The number of hydrogen-bond acceptors (Lipinski definition) is 4. The first kappa shape index (κ1) is 16.4. The molecule has 0 atom stereocenters. The predicted molar refractivity (Wildman–Crippen MR) is 99.0 cm³/mol. The van der Waals surface area contributed by atoms with Crippen molar-refractivity contribution in [3.05, 3.63) is 64.4 Å². The highest BCUT2D eigenvalue weighted by molar-refractivity contribution is 9.10. The van der Waals surface area contributed by atoms with E-state index in [9.17, 15) is 4.79 Å². The Balaban J connectivity index is 1.79. The van der Waals surface area contributed by atoms with Gasteiger partial charge in [0.05, 0.1) is 11.2 Å². The lowest BCUT2D eigenvalue weighted by atomic mass is 10.1. The number of anilines is 1. The van der Waals surface area contributed by atoms with Crippen molar-refractivity contribution in [1.82, 2.24) is 15.3 Å². The highest BCUT2D eigenvalue weighted by Gasteiger charge is 2.06. The Morgan fingerprint density at radius 2 is 2.08 bits per heavy atom. The molecule has 0 spiro atoms. The van der Waals surface area contributed by atoms with E-state index < -0.39 is 0 Å². The normalized spacial score (nSPS) is 10.6. The molecule has 0 radical (unpaired) electrons. The number of pyridine rings is 2. The maximum atomic E-state index is 11.9. The first-order chi connectivity index (χ1) is 11.7. The summed E-state index contributed by atoms with van der Waals surface area (Å²) in [5, 5.41) is 6.18. The lowest BCUT2D eigenvalue weighted by molar-refractivity contribution is 0.0955. The molecule has 2 N–H and O–H groups in total. The minimum absolute atomic E-state index is 0.0553. The summed E-state index contributed by atoms with van der Waals surface area (Å²) in [6.45, 7) is 3.12. The number of rotatable bonds is 5. The SMILES string of the molecule is CCNC(=O)c1cccc(CNc2ccnc3cc(Br)cnc23)c1. The van der Waals surface area contributed by atoms with Crippen molar-refractivity contribution in [2.45, 2.75) is 13.5 Å². The van der Waals surface area contributed by atoms with E-state index in [1.54, 1.807) is 12.4 Å². The quantitative estimate of drug-likeness (QED) is 0.702. The average molecular weight is 385 g/mol. The van der Waals surface area contributed by atoms with Crippen LogP contribution in [-0.4, -0.2) is 22.4 Å². The lowest BCUT2D eigenvalue weighted by Gasteiger charge is -2.10. The molecule has 0 saturated heterocycles. The summed E-state index contributed by atoms with van der Waals surface area (Å²) < 4.78 is 0.897. The molecule has 0 bridgehead atoms. The maximum absolute atomic E-state index is 11.9. The van der Waals surface area contributed by atoms with E-state index in [-0.39, 0.29) is 5.91 Å². The van der Waals surface area contributed by atoms with E-state index in [1.165, 1.54) is 0 Å². The van der Waals surface area contributed by atoms with Crippen LogP contribution in [0.5, 0.6) is 0 Å². The van der Waals surface area contributed by atoms with Crippen LogP contribution in [0.15, 0.2) is 53.3 Å². The molecule has 3 rings (SSSR count). The van der Waals surface area contributed by atoms with Crippen LogP contribution in [0.2, 0.25) is 0 Å². The Morgan fingerprint density at radius 1 is 1.21 bits per heavy atom. The van der Waals surface area contributed by atoms with Crippen molar-refractivity contribution in [2.75, 3.05) is 11.9 Å². The van der Waals surface area contributed by atoms with Crippen LogP contribution in [0.25, 0.3) is 11.0 Å². The van der Waals surface area contributed by atoms with Gasteiger partial charge in [0.1, 0.15) is 5.52 Å². The number of halogens is 1. The van der Waals surface area contributed by atoms with Crippen LogP contribution < -0.4 is 10.6 Å². The summed E-state index contributed by atoms with van der Waals surface area (Å²) in [4.78, 5) is 20.7. The molecular formula is C18H17BrN4O. The molecule has 2 aromatic heterocycles. The zero-order valence-corrected chi connectivity index (χ0v) is 14.8. The third-order valence-corrected chi connectivity index (χ3v) is 3.99. The van der Waals surface area contributed by atoms with Gasteiger partial charge in [0.15, 0.2) is 0 Å². The molecule has 1 aromatic carbocycles. The number of fused-ring (bicyclic) bond motifs is 1. The summed E-state index contributed by atoms with van der Waals surface area (Å²) in [5.74, 6) is -0.0553. The molecule has 0 aliphatic carbocycles. The van der Waals surface area contributed by atoms with Crippen molar-refractivity contribution >= 4 is 38.6 Å². The fourth-order valence-electron chi connectivity index (χ4n) is 2.43. The van der Waals surface area contributed by atoms with Crippen molar-refractivity contribution < 1.29 is 4.79 Å². The largest absolute Gasteiger partial charge is 0.379 e.